The van der Waals surface area contributed by atoms with E-state index in [2.05, 4.69) is 5.32 Å². The van der Waals surface area contributed by atoms with Crippen LogP contribution in [0.3, 0.4) is 0 Å². The summed E-state index contributed by atoms with van der Waals surface area (Å²) in [5.41, 5.74) is 1.26. The third-order valence-corrected chi connectivity index (χ3v) is 9.80. The van der Waals surface area contributed by atoms with Gasteiger partial charge in [0.25, 0.3) is 5.69 Å². The van der Waals surface area contributed by atoms with Crippen molar-refractivity contribution >= 4 is 56.4 Å². The summed E-state index contributed by atoms with van der Waals surface area (Å²) in [7, 11) is -4.12. The molecule has 13 heteroatoms. The number of rotatable bonds is 12. The van der Waals surface area contributed by atoms with Gasteiger partial charge in [-0.15, -0.1) is 0 Å². The number of halogens is 2. The third-order valence-electron chi connectivity index (χ3n) is 7.96. The average Bonchev–Trinajstić information content (AvgIpc) is 2.99. The van der Waals surface area contributed by atoms with E-state index < -0.39 is 33.4 Å². The Bertz CT molecular complexity index is 1630. The number of amides is 2. The van der Waals surface area contributed by atoms with E-state index >= 15 is 0 Å². The number of nitro benzene ring substituents is 1. The number of nitro groups is 1. The highest BCUT2D eigenvalue weighted by atomic mass is 35.5. The van der Waals surface area contributed by atoms with Crippen molar-refractivity contribution in [1.29, 1.82) is 0 Å². The summed E-state index contributed by atoms with van der Waals surface area (Å²) >= 11 is 13.1. The summed E-state index contributed by atoms with van der Waals surface area (Å²) in [6.07, 6.45) is 5.76. The molecule has 45 heavy (non-hydrogen) atoms. The predicted octanol–water partition coefficient (Wildman–Crippen LogP) is 6.07. The van der Waals surface area contributed by atoms with Crippen LogP contribution in [0.1, 0.15) is 48.8 Å². The molecule has 3 aromatic rings. The number of anilines is 1. The van der Waals surface area contributed by atoms with E-state index in [0.717, 1.165) is 54.3 Å². The van der Waals surface area contributed by atoms with Gasteiger partial charge in [-0.3, -0.25) is 24.0 Å². The van der Waals surface area contributed by atoms with Gasteiger partial charge in [-0.25, -0.2) is 8.42 Å². The normalized spacial score (nSPS) is 14.4. The first kappa shape index (κ1) is 34.2. The molecule has 0 aliphatic heterocycles. The molecule has 0 saturated heterocycles. The zero-order chi connectivity index (χ0) is 32.7. The van der Waals surface area contributed by atoms with E-state index in [0.29, 0.717) is 11.1 Å². The van der Waals surface area contributed by atoms with Gasteiger partial charge in [0.15, 0.2) is 0 Å². The average molecular weight is 676 g/mol. The highest BCUT2D eigenvalue weighted by molar-refractivity contribution is 7.92. The molecule has 0 spiro atoms. The fourth-order valence-electron chi connectivity index (χ4n) is 5.53. The lowest BCUT2D eigenvalue weighted by Gasteiger charge is -2.35. The van der Waals surface area contributed by atoms with E-state index in [1.54, 1.807) is 25.1 Å². The molecule has 1 atom stereocenters. The van der Waals surface area contributed by atoms with Gasteiger partial charge < -0.3 is 10.2 Å². The van der Waals surface area contributed by atoms with Crippen molar-refractivity contribution in [2.24, 2.45) is 0 Å². The minimum Gasteiger partial charge on any atom is -0.352 e. The van der Waals surface area contributed by atoms with Crippen LogP contribution in [0.25, 0.3) is 0 Å². The summed E-state index contributed by atoms with van der Waals surface area (Å²) in [4.78, 5) is 40.6. The molecule has 2 amide bonds. The quantitative estimate of drug-likeness (QED) is 0.183. The fourth-order valence-corrected chi connectivity index (χ4v) is 6.94. The molecule has 1 saturated carbocycles. The molecule has 0 unspecified atom stereocenters. The second-order valence-corrected chi connectivity index (χ2v) is 14.0. The molecule has 1 aliphatic rings. The van der Waals surface area contributed by atoms with Gasteiger partial charge in [0.2, 0.25) is 21.8 Å². The van der Waals surface area contributed by atoms with E-state index in [9.17, 15) is 28.1 Å². The molecule has 3 aromatic carbocycles. The van der Waals surface area contributed by atoms with Gasteiger partial charge in [0.05, 0.1) is 16.9 Å². The second-order valence-electron chi connectivity index (χ2n) is 11.3. The van der Waals surface area contributed by atoms with Crippen LogP contribution in [-0.4, -0.2) is 54.9 Å². The molecular formula is C32H36Cl2N4O6S. The zero-order valence-electron chi connectivity index (χ0n) is 25.1. The van der Waals surface area contributed by atoms with Crippen LogP contribution >= 0.6 is 23.2 Å². The van der Waals surface area contributed by atoms with Crippen molar-refractivity contribution < 1.29 is 22.9 Å². The number of nitrogens with one attached hydrogen (secondary N) is 1. The molecule has 0 bridgehead atoms. The number of nitrogens with zero attached hydrogens (tertiary/aromatic N) is 3. The van der Waals surface area contributed by atoms with Gasteiger partial charge in [-0.2, -0.15) is 0 Å². The van der Waals surface area contributed by atoms with Gasteiger partial charge >= 0.3 is 0 Å². The van der Waals surface area contributed by atoms with Crippen LogP contribution in [0.2, 0.25) is 10.0 Å². The van der Waals surface area contributed by atoms with Crippen LogP contribution in [0.15, 0.2) is 66.7 Å². The maximum absolute atomic E-state index is 14.4. The minimum atomic E-state index is -4.12. The molecule has 1 N–H and O–H groups in total. The Labute approximate surface area is 273 Å². The van der Waals surface area contributed by atoms with Crippen molar-refractivity contribution in [2.75, 3.05) is 17.1 Å². The Morgan fingerprint density at radius 2 is 1.64 bits per heavy atom. The summed E-state index contributed by atoms with van der Waals surface area (Å²) in [5.74, 6) is -1.08. The van der Waals surface area contributed by atoms with Crippen molar-refractivity contribution in [1.82, 2.24) is 10.2 Å². The van der Waals surface area contributed by atoms with Gasteiger partial charge in [-0.1, -0.05) is 84.9 Å². The number of aryl methyl sites for hydroxylation is 1. The van der Waals surface area contributed by atoms with E-state index in [4.69, 9.17) is 23.2 Å². The molecule has 10 nitrogen and oxygen atoms in total. The lowest BCUT2D eigenvalue weighted by molar-refractivity contribution is -0.384. The van der Waals surface area contributed by atoms with Crippen molar-refractivity contribution in [3.8, 4) is 0 Å². The first-order chi connectivity index (χ1) is 21.3. The first-order valence-corrected chi connectivity index (χ1v) is 17.2. The number of sulfonamides is 1. The van der Waals surface area contributed by atoms with Crippen LogP contribution in [-0.2, 0) is 32.6 Å². The largest absolute Gasteiger partial charge is 0.352 e. The number of hydrogen-bond donors (Lipinski definition) is 1. The number of benzene rings is 3. The Balaban J connectivity index is 1.80. The van der Waals surface area contributed by atoms with Crippen LogP contribution in [0.4, 0.5) is 11.4 Å². The van der Waals surface area contributed by atoms with Crippen molar-refractivity contribution in [3.63, 3.8) is 0 Å². The molecule has 1 aliphatic carbocycles. The lowest BCUT2D eigenvalue weighted by Crippen LogP contribution is -2.55. The number of carbonyl (C=O) groups excluding carboxylic acids is 2. The standard InChI is InChI=1S/C32H36Cl2N4O6S/c1-22-16-17-25(38(41)42)19-29(22)37(45(2,43)44)21-31(39)36(20-26-27(33)14-9-15-28(26)34)30(18-23-10-5-3-6-11-23)32(40)35-24-12-7-4-8-13-24/h3,5-6,9-11,14-17,19,24,30H,4,7-8,12-13,18,20-21H2,1-2H3,(H,35,40)/t30-/m1/s1. The fraction of sp³-hybridized carbons (Fsp3) is 0.375. The third kappa shape index (κ3) is 8.96. The highest BCUT2D eigenvalue weighted by Gasteiger charge is 2.35. The molecule has 1 fully saturated rings. The van der Waals surface area contributed by atoms with Crippen molar-refractivity contribution in [2.45, 2.75) is 64.1 Å². The van der Waals surface area contributed by atoms with Gasteiger partial charge in [0, 0.05) is 46.7 Å². The summed E-state index contributed by atoms with van der Waals surface area (Å²) in [6, 6.07) is 16.8. The van der Waals surface area contributed by atoms with E-state index in [1.165, 1.54) is 17.0 Å². The summed E-state index contributed by atoms with van der Waals surface area (Å²) in [5, 5.41) is 15.2. The first-order valence-electron chi connectivity index (χ1n) is 14.6. The second kappa shape index (κ2) is 15.1. The summed E-state index contributed by atoms with van der Waals surface area (Å²) < 4.78 is 27.1. The molecule has 0 aromatic heterocycles. The molecule has 0 heterocycles. The molecule has 0 radical (unpaired) electrons. The smallest absolute Gasteiger partial charge is 0.271 e. The van der Waals surface area contributed by atoms with Crippen LogP contribution < -0.4 is 9.62 Å². The van der Waals surface area contributed by atoms with Crippen molar-refractivity contribution in [3.05, 3.63) is 104 Å². The van der Waals surface area contributed by atoms with E-state index in [-0.39, 0.29) is 46.3 Å². The SMILES string of the molecule is Cc1ccc([N+](=O)[O-])cc1N(CC(=O)N(Cc1c(Cl)cccc1Cl)[C@H](Cc1ccccc1)C(=O)NC1CCCCC1)S(C)(=O)=O. The monoisotopic (exact) mass is 674 g/mol. The van der Waals surface area contributed by atoms with Crippen LogP contribution in [0, 0.1) is 17.0 Å². The maximum Gasteiger partial charge on any atom is 0.271 e. The minimum absolute atomic E-state index is 0.0120. The number of non-ortho nitro benzene ring substituents is 1. The molecule has 4 rings (SSSR count). The predicted molar refractivity (Wildman–Crippen MR) is 176 cm³/mol. The molecular weight excluding hydrogens is 639 g/mol. The Morgan fingerprint density at radius 1 is 1.00 bits per heavy atom. The lowest BCUT2D eigenvalue weighted by atomic mass is 9.94. The number of carbonyl (C=O) groups is 2. The number of hydrogen-bond acceptors (Lipinski definition) is 6. The topological polar surface area (TPSA) is 130 Å². The van der Waals surface area contributed by atoms with Gasteiger partial charge in [0.1, 0.15) is 12.6 Å². The zero-order valence-corrected chi connectivity index (χ0v) is 27.4. The summed E-state index contributed by atoms with van der Waals surface area (Å²) in [6.45, 7) is 0.697. The Kier molecular flexibility index (Phi) is 11.5. The van der Waals surface area contributed by atoms with Crippen LogP contribution in [0.5, 0.6) is 0 Å². The molecule has 240 valence electrons. The Hall–Kier alpha value is -3.67. The van der Waals surface area contributed by atoms with E-state index in [1.807, 2.05) is 30.3 Å². The maximum atomic E-state index is 14.4. The van der Waals surface area contributed by atoms with Gasteiger partial charge in [-0.05, 0) is 43.0 Å². The highest BCUT2D eigenvalue weighted by Crippen LogP contribution is 2.30. The Morgan fingerprint density at radius 3 is 2.24 bits per heavy atom.